The smallest absolute Gasteiger partial charge is 0.114 e. The van der Waals surface area contributed by atoms with E-state index >= 15 is 0 Å². The fraction of sp³-hybridized carbons (Fsp3) is 0.556. The lowest BCUT2D eigenvalue weighted by Gasteiger charge is -2.31. The molecule has 0 spiro atoms. The molecule has 0 aromatic rings. The van der Waals surface area contributed by atoms with Crippen LogP contribution in [-0.2, 0) is 14.2 Å². The molecule has 0 aromatic heterocycles. The maximum Gasteiger partial charge on any atom is 0.114 e. The molecule has 2 heterocycles. The zero-order valence-electron chi connectivity index (χ0n) is 13.3. The van der Waals surface area contributed by atoms with E-state index in [1.54, 1.807) is 6.08 Å². The molecule has 0 saturated carbocycles. The number of allylic oxidation sites excluding steroid dienone is 4. The van der Waals surface area contributed by atoms with Crippen LogP contribution in [0.4, 0.5) is 0 Å². The predicted molar refractivity (Wildman–Crippen MR) is 88.2 cm³/mol. The van der Waals surface area contributed by atoms with Crippen molar-refractivity contribution in [3.63, 3.8) is 0 Å². The molecule has 1 atom stereocenters. The van der Waals surface area contributed by atoms with Gasteiger partial charge < -0.3 is 19.9 Å². The van der Waals surface area contributed by atoms with E-state index < -0.39 is 0 Å². The minimum Gasteiger partial charge on any atom is -0.495 e. The molecule has 1 unspecified atom stereocenters. The highest BCUT2D eigenvalue weighted by atomic mass is 16.5. The Bertz CT molecular complexity index is 449. The highest BCUT2D eigenvalue weighted by Crippen LogP contribution is 2.29. The normalized spacial score (nSPS) is 23.5. The third-order valence-electron chi connectivity index (χ3n) is 3.79. The Balaban J connectivity index is 0.000000254. The number of rotatable bonds is 5. The van der Waals surface area contributed by atoms with Gasteiger partial charge in [0, 0.05) is 30.9 Å². The molecule has 0 amide bonds. The molecule has 3 rings (SSSR count). The maximum absolute atomic E-state index is 5.86. The molecular formula is C18H27NO3. The molecule has 122 valence electrons. The molecule has 4 nitrogen and oxygen atoms in total. The van der Waals surface area contributed by atoms with E-state index in [1.165, 1.54) is 11.3 Å². The molecule has 3 aliphatic rings. The molecule has 1 saturated heterocycles. The molecule has 0 aromatic carbocycles. The van der Waals surface area contributed by atoms with Gasteiger partial charge >= 0.3 is 0 Å². The lowest BCUT2D eigenvalue weighted by atomic mass is 9.97. The Kier molecular flexibility index (Phi) is 6.74. The Hall–Kier alpha value is -1.52. The van der Waals surface area contributed by atoms with Crippen LogP contribution in [0.15, 0.2) is 48.4 Å². The number of ether oxygens (including phenoxy) is 3. The van der Waals surface area contributed by atoms with Crippen LogP contribution < -0.4 is 5.73 Å². The summed E-state index contributed by atoms with van der Waals surface area (Å²) in [5, 5.41) is 0. The average molecular weight is 305 g/mol. The van der Waals surface area contributed by atoms with E-state index in [0.717, 1.165) is 52.1 Å². The van der Waals surface area contributed by atoms with Crippen LogP contribution in [0.1, 0.15) is 25.7 Å². The first kappa shape index (κ1) is 16.8. The van der Waals surface area contributed by atoms with E-state index in [0.29, 0.717) is 11.6 Å². The van der Waals surface area contributed by atoms with Gasteiger partial charge in [-0.2, -0.15) is 0 Å². The van der Waals surface area contributed by atoms with Crippen molar-refractivity contribution < 1.29 is 14.2 Å². The monoisotopic (exact) mass is 305 g/mol. The summed E-state index contributed by atoms with van der Waals surface area (Å²) in [6, 6.07) is 0. The lowest BCUT2D eigenvalue weighted by Crippen LogP contribution is -2.35. The van der Waals surface area contributed by atoms with Crippen molar-refractivity contribution >= 4 is 0 Å². The van der Waals surface area contributed by atoms with Crippen LogP contribution in [0.25, 0.3) is 0 Å². The quantitative estimate of drug-likeness (QED) is 0.793. The maximum atomic E-state index is 5.86. The van der Waals surface area contributed by atoms with Crippen molar-refractivity contribution in [1.82, 2.24) is 0 Å². The van der Waals surface area contributed by atoms with Crippen molar-refractivity contribution in [3.8, 4) is 0 Å². The molecule has 2 aliphatic heterocycles. The molecule has 0 radical (unpaired) electrons. The van der Waals surface area contributed by atoms with Gasteiger partial charge in [-0.15, -0.1) is 6.58 Å². The summed E-state index contributed by atoms with van der Waals surface area (Å²) in [7, 11) is 0. The first-order chi connectivity index (χ1) is 10.7. The van der Waals surface area contributed by atoms with Gasteiger partial charge in [0.1, 0.15) is 6.61 Å². The second-order valence-corrected chi connectivity index (χ2v) is 5.91. The molecule has 1 aliphatic carbocycles. The van der Waals surface area contributed by atoms with Crippen LogP contribution in [-0.4, -0.2) is 32.5 Å². The average Bonchev–Trinajstić information content (AvgIpc) is 2.46. The Morgan fingerprint density at radius 2 is 2.23 bits per heavy atom. The highest BCUT2D eigenvalue weighted by Gasteiger charge is 2.25. The third-order valence-corrected chi connectivity index (χ3v) is 3.79. The van der Waals surface area contributed by atoms with Gasteiger partial charge in [-0.25, -0.2) is 0 Å². The molecular weight excluding hydrogens is 278 g/mol. The van der Waals surface area contributed by atoms with Crippen LogP contribution in [0, 0.1) is 5.92 Å². The predicted octanol–water partition coefficient (Wildman–Crippen LogP) is 3.08. The second-order valence-electron chi connectivity index (χ2n) is 5.91. The summed E-state index contributed by atoms with van der Waals surface area (Å²) in [5.74, 6) is 1.80. The standard InChI is InChI=1S/C13H18O3.C5H9N/c1-2-4-13-11(3-1)5-12(9-16-13)15-8-10-6-14-7-10;1-3-4-5(2)6/h1,3,10,12H,2,4-9H2;3H,1-2,4,6H2. The number of nitrogens with two attached hydrogens (primary N) is 1. The van der Waals surface area contributed by atoms with Crippen molar-refractivity contribution in [2.75, 3.05) is 26.4 Å². The summed E-state index contributed by atoms with van der Waals surface area (Å²) in [6.07, 6.45) is 10.3. The van der Waals surface area contributed by atoms with Crippen LogP contribution in [0.5, 0.6) is 0 Å². The number of hydrogen-bond donors (Lipinski definition) is 1. The van der Waals surface area contributed by atoms with Crippen molar-refractivity contribution in [2.45, 2.75) is 31.8 Å². The van der Waals surface area contributed by atoms with Gasteiger partial charge in [-0.05, 0) is 12.0 Å². The minimum absolute atomic E-state index is 0.238. The zero-order chi connectivity index (χ0) is 15.8. The van der Waals surface area contributed by atoms with Gasteiger partial charge in [-0.3, -0.25) is 0 Å². The van der Waals surface area contributed by atoms with E-state index in [9.17, 15) is 0 Å². The zero-order valence-corrected chi connectivity index (χ0v) is 13.3. The topological polar surface area (TPSA) is 53.7 Å². The Morgan fingerprint density at radius 1 is 1.41 bits per heavy atom. The summed E-state index contributed by atoms with van der Waals surface area (Å²) in [6.45, 7) is 10.2. The van der Waals surface area contributed by atoms with E-state index in [2.05, 4.69) is 25.3 Å². The second kappa shape index (κ2) is 8.81. The third kappa shape index (κ3) is 5.35. The van der Waals surface area contributed by atoms with Crippen LogP contribution in [0.3, 0.4) is 0 Å². The molecule has 4 heteroatoms. The van der Waals surface area contributed by atoms with Gasteiger partial charge in [-0.1, -0.05) is 24.8 Å². The number of hydrogen-bond acceptors (Lipinski definition) is 4. The summed E-state index contributed by atoms with van der Waals surface area (Å²) in [4.78, 5) is 0. The van der Waals surface area contributed by atoms with E-state index in [1.807, 2.05) is 0 Å². The SMILES string of the molecule is C1=CC2=C(CC1)OCC(OCC1COC1)C2.C=CCC(=C)N. The lowest BCUT2D eigenvalue weighted by molar-refractivity contribution is -0.0990. The fourth-order valence-electron chi connectivity index (χ4n) is 2.48. The van der Waals surface area contributed by atoms with E-state index in [4.69, 9.17) is 19.9 Å². The molecule has 2 N–H and O–H groups in total. The first-order valence-electron chi connectivity index (χ1n) is 7.94. The first-order valence-corrected chi connectivity index (χ1v) is 7.94. The van der Waals surface area contributed by atoms with Crippen molar-refractivity contribution in [1.29, 1.82) is 0 Å². The summed E-state index contributed by atoms with van der Waals surface area (Å²) in [5.41, 5.74) is 7.15. The summed E-state index contributed by atoms with van der Waals surface area (Å²) < 4.78 is 16.7. The Morgan fingerprint density at radius 3 is 2.82 bits per heavy atom. The van der Waals surface area contributed by atoms with Crippen LogP contribution in [0.2, 0.25) is 0 Å². The van der Waals surface area contributed by atoms with Gasteiger partial charge in [0.05, 0.1) is 31.7 Å². The minimum atomic E-state index is 0.238. The summed E-state index contributed by atoms with van der Waals surface area (Å²) >= 11 is 0. The van der Waals surface area contributed by atoms with E-state index in [-0.39, 0.29) is 6.10 Å². The molecule has 1 fully saturated rings. The van der Waals surface area contributed by atoms with Crippen LogP contribution >= 0.6 is 0 Å². The van der Waals surface area contributed by atoms with Gasteiger partial charge in [0.2, 0.25) is 0 Å². The van der Waals surface area contributed by atoms with Crippen molar-refractivity contribution in [2.24, 2.45) is 11.7 Å². The molecule has 0 bridgehead atoms. The Labute approximate surface area is 133 Å². The largest absolute Gasteiger partial charge is 0.495 e. The van der Waals surface area contributed by atoms with Gasteiger partial charge in [0.15, 0.2) is 0 Å². The van der Waals surface area contributed by atoms with Crippen molar-refractivity contribution in [3.05, 3.63) is 48.4 Å². The fourth-order valence-corrected chi connectivity index (χ4v) is 2.48. The highest BCUT2D eigenvalue weighted by molar-refractivity contribution is 5.28. The van der Waals surface area contributed by atoms with Gasteiger partial charge in [0.25, 0.3) is 0 Å². The molecule has 22 heavy (non-hydrogen) atoms.